The minimum Gasteiger partial charge on any atom is -0.493 e. The first-order valence-corrected chi connectivity index (χ1v) is 6.86. The third-order valence-electron chi connectivity index (χ3n) is 3.76. The van der Waals surface area contributed by atoms with Gasteiger partial charge in [-0.15, -0.1) is 0 Å². The first-order valence-electron chi connectivity index (χ1n) is 6.86. The molecule has 1 N–H and O–H groups in total. The summed E-state index contributed by atoms with van der Waals surface area (Å²) in [6.45, 7) is 2.86. The molecule has 6 heteroatoms. The third kappa shape index (κ3) is 3.93. The average molecular weight is 295 g/mol. The Hall–Kier alpha value is -2.11. The van der Waals surface area contributed by atoms with Crippen molar-refractivity contribution < 1.29 is 23.8 Å². The number of aliphatic carboxylic acids is 1. The first kappa shape index (κ1) is 15.3. The lowest BCUT2D eigenvalue weighted by Crippen LogP contribution is -2.53. The van der Waals surface area contributed by atoms with E-state index < -0.39 is 11.9 Å². The Morgan fingerprint density at radius 3 is 2.57 bits per heavy atom. The van der Waals surface area contributed by atoms with Gasteiger partial charge in [0.15, 0.2) is 0 Å². The lowest BCUT2D eigenvalue weighted by atomic mass is 9.87. The second-order valence-electron chi connectivity index (χ2n) is 5.24. The molecule has 1 aliphatic heterocycles. The highest BCUT2D eigenvalue weighted by atomic mass is 19.1. The van der Waals surface area contributed by atoms with Gasteiger partial charge in [-0.2, -0.15) is 0 Å². The Morgan fingerprint density at radius 2 is 2.00 bits per heavy atom. The van der Waals surface area contributed by atoms with Crippen LogP contribution in [0, 0.1) is 17.7 Å². The Bertz CT molecular complexity index is 511. The van der Waals surface area contributed by atoms with Gasteiger partial charge in [-0.25, -0.2) is 4.39 Å². The topological polar surface area (TPSA) is 66.8 Å². The lowest BCUT2D eigenvalue weighted by Gasteiger charge is -2.41. The molecule has 1 amide bonds. The molecular weight excluding hydrogens is 277 g/mol. The van der Waals surface area contributed by atoms with Crippen LogP contribution in [0.3, 0.4) is 0 Å². The molecule has 1 unspecified atom stereocenters. The highest BCUT2D eigenvalue weighted by Crippen LogP contribution is 2.24. The number of hydrogen-bond acceptors (Lipinski definition) is 3. The Balaban J connectivity index is 1.67. The molecule has 1 fully saturated rings. The largest absolute Gasteiger partial charge is 0.493 e. The zero-order valence-electron chi connectivity index (χ0n) is 11.8. The molecule has 1 aromatic rings. The predicted molar refractivity (Wildman–Crippen MR) is 73.4 cm³/mol. The lowest BCUT2D eigenvalue weighted by molar-refractivity contribution is -0.150. The van der Waals surface area contributed by atoms with Crippen LogP contribution in [0.1, 0.15) is 13.3 Å². The van der Waals surface area contributed by atoms with Crippen LogP contribution >= 0.6 is 0 Å². The molecule has 2 rings (SSSR count). The van der Waals surface area contributed by atoms with E-state index in [1.54, 1.807) is 11.8 Å². The zero-order valence-corrected chi connectivity index (χ0v) is 11.8. The van der Waals surface area contributed by atoms with E-state index in [1.807, 2.05) is 0 Å². The molecule has 0 spiro atoms. The quantitative estimate of drug-likeness (QED) is 0.868. The molecule has 0 aliphatic carbocycles. The maximum Gasteiger partial charge on any atom is 0.306 e. The van der Waals surface area contributed by atoms with Gasteiger partial charge in [0.2, 0.25) is 5.91 Å². The van der Waals surface area contributed by atoms with Crippen LogP contribution in [0.2, 0.25) is 0 Å². The van der Waals surface area contributed by atoms with Crippen molar-refractivity contribution in [3.63, 3.8) is 0 Å². The van der Waals surface area contributed by atoms with Gasteiger partial charge in [0.25, 0.3) is 0 Å². The predicted octanol–water partition coefficient (Wildman–Crippen LogP) is 1.77. The number of carboxylic acid groups (broad SMARTS) is 1. The molecule has 0 saturated carbocycles. The summed E-state index contributed by atoms with van der Waals surface area (Å²) < 4.78 is 18.1. The van der Waals surface area contributed by atoms with Crippen molar-refractivity contribution in [2.24, 2.45) is 11.8 Å². The molecular formula is C15H18FNO4. The fourth-order valence-corrected chi connectivity index (χ4v) is 2.18. The minimum absolute atomic E-state index is 0.0319. The van der Waals surface area contributed by atoms with Gasteiger partial charge >= 0.3 is 5.97 Å². The van der Waals surface area contributed by atoms with Gasteiger partial charge in [0.1, 0.15) is 11.6 Å². The molecule has 5 nitrogen and oxygen atoms in total. The van der Waals surface area contributed by atoms with Crippen molar-refractivity contribution in [1.82, 2.24) is 4.90 Å². The number of benzene rings is 1. The molecule has 1 saturated heterocycles. The first-order chi connectivity index (χ1) is 9.97. The van der Waals surface area contributed by atoms with Crippen LogP contribution in [0.25, 0.3) is 0 Å². The van der Waals surface area contributed by atoms with Gasteiger partial charge in [-0.05, 0) is 24.3 Å². The molecule has 114 valence electrons. The smallest absolute Gasteiger partial charge is 0.306 e. The van der Waals surface area contributed by atoms with Gasteiger partial charge in [0, 0.05) is 19.0 Å². The van der Waals surface area contributed by atoms with Gasteiger partial charge < -0.3 is 14.7 Å². The number of amides is 1. The number of ether oxygens (including phenoxy) is 1. The van der Waals surface area contributed by atoms with E-state index >= 15 is 0 Å². The number of rotatable bonds is 6. The maximum atomic E-state index is 12.7. The van der Waals surface area contributed by atoms with E-state index in [9.17, 15) is 14.0 Å². The van der Waals surface area contributed by atoms with Crippen molar-refractivity contribution in [1.29, 1.82) is 0 Å². The van der Waals surface area contributed by atoms with Crippen molar-refractivity contribution in [2.75, 3.05) is 19.7 Å². The highest BCUT2D eigenvalue weighted by molar-refractivity contribution is 5.78. The van der Waals surface area contributed by atoms with Crippen LogP contribution in [-0.2, 0) is 9.59 Å². The molecule has 1 heterocycles. The number of likely N-dealkylation sites (tertiary alicyclic amines) is 1. The normalized spacial score (nSPS) is 16.2. The van der Waals surface area contributed by atoms with E-state index in [0.29, 0.717) is 18.8 Å². The van der Waals surface area contributed by atoms with E-state index in [2.05, 4.69) is 0 Å². The second-order valence-corrected chi connectivity index (χ2v) is 5.24. The van der Waals surface area contributed by atoms with Crippen molar-refractivity contribution in [3.05, 3.63) is 30.1 Å². The summed E-state index contributed by atoms with van der Waals surface area (Å²) in [6, 6.07) is 5.61. The Morgan fingerprint density at radius 1 is 1.38 bits per heavy atom. The van der Waals surface area contributed by atoms with Crippen molar-refractivity contribution in [3.8, 4) is 5.75 Å². The SMILES string of the molecule is CC(C(=O)O)C1CN(C(=O)CCOc2ccc(F)cc2)C1. The summed E-state index contributed by atoms with van der Waals surface area (Å²) in [7, 11) is 0. The Labute approximate surface area is 122 Å². The summed E-state index contributed by atoms with van der Waals surface area (Å²) in [5.41, 5.74) is 0. The van der Waals surface area contributed by atoms with Crippen LogP contribution in [0.15, 0.2) is 24.3 Å². The number of carbonyl (C=O) groups is 2. The summed E-state index contributed by atoms with van der Waals surface area (Å²) in [5, 5.41) is 8.88. The van der Waals surface area contributed by atoms with E-state index in [0.717, 1.165) is 0 Å². The molecule has 0 aromatic heterocycles. The molecule has 1 aliphatic rings. The summed E-state index contributed by atoms with van der Waals surface area (Å²) in [6.07, 6.45) is 0.228. The van der Waals surface area contributed by atoms with Crippen LogP contribution < -0.4 is 4.74 Å². The fraction of sp³-hybridized carbons (Fsp3) is 0.467. The molecule has 0 bridgehead atoms. The van der Waals surface area contributed by atoms with Gasteiger partial charge in [-0.1, -0.05) is 6.92 Å². The number of nitrogens with zero attached hydrogens (tertiary/aromatic N) is 1. The number of halogens is 1. The van der Waals surface area contributed by atoms with Crippen molar-refractivity contribution >= 4 is 11.9 Å². The zero-order chi connectivity index (χ0) is 15.4. The monoisotopic (exact) mass is 295 g/mol. The molecule has 1 atom stereocenters. The summed E-state index contributed by atoms with van der Waals surface area (Å²) in [5.74, 6) is -1.09. The van der Waals surface area contributed by atoms with E-state index in [1.165, 1.54) is 24.3 Å². The third-order valence-corrected chi connectivity index (χ3v) is 3.76. The maximum absolute atomic E-state index is 12.7. The molecule has 21 heavy (non-hydrogen) atoms. The Kier molecular flexibility index (Phi) is 4.77. The standard InChI is InChI=1S/C15H18FNO4/c1-10(15(19)20)11-8-17(9-11)14(18)6-7-21-13-4-2-12(16)3-5-13/h2-5,10-11H,6-9H2,1H3,(H,19,20). The highest BCUT2D eigenvalue weighted by Gasteiger charge is 2.36. The number of carboxylic acids is 1. The van der Waals surface area contributed by atoms with Gasteiger partial charge in [0.05, 0.1) is 18.9 Å². The van der Waals surface area contributed by atoms with E-state index in [4.69, 9.17) is 9.84 Å². The fourth-order valence-electron chi connectivity index (χ4n) is 2.18. The second kappa shape index (κ2) is 6.56. The van der Waals surface area contributed by atoms with Crippen LogP contribution in [0.4, 0.5) is 4.39 Å². The van der Waals surface area contributed by atoms with Crippen LogP contribution in [-0.4, -0.2) is 41.6 Å². The number of carbonyl (C=O) groups excluding carboxylic acids is 1. The van der Waals surface area contributed by atoms with Crippen LogP contribution in [0.5, 0.6) is 5.75 Å². The summed E-state index contributed by atoms with van der Waals surface area (Å²) >= 11 is 0. The molecule has 0 radical (unpaired) electrons. The van der Waals surface area contributed by atoms with Gasteiger partial charge in [-0.3, -0.25) is 9.59 Å². The number of hydrogen-bond donors (Lipinski definition) is 1. The van der Waals surface area contributed by atoms with E-state index in [-0.39, 0.29) is 30.7 Å². The molecule has 1 aromatic carbocycles. The average Bonchev–Trinajstić information content (AvgIpc) is 2.39. The summed E-state index contributed by atoms with van der Waals surface area (Å²) in [4.78, 5) is 24.3. The minimum atomic E-state index is -0.827. The van der Waals surface area contributed by atoms with Crippen molar-refractivity contribution in [2.45, 2.75) is 13.3 Å².